The molecule has 7 N–H and O–H groups in total. The molecule has 11 heteroatoms. The molecule has 2 unspecified atom stereocenters. The van der Waals surface area contributed by atoms with Gasteiger partial charge in [-0.05, 0) is 69.8 Å². The second kappa shape index (κ2) is 9.88. The molecule has 1 amide bonds. The molecule has 1 aromatic rings. The quantitative estimate of drug-likeness (QED) is 0.278. The highest BCUT2D eigenvalue weighted by molar-refractivity contribution is 6.16. The van der Waals surface area contributed by atoms with Gasteiger partial charge in [0.15, 0.2) is 17.2 Å². The third-order valence-electron chi connectivity index (χ3n) is 9.23. The number of rotatable bonds is 5. The number of phenols is 1. The molecule has 3 aliphatic carbocycles. The number of carbonyl (C=O) groups excluding carboxylic acids is 3. The number of piperidine rings is 1. The van der Waals surface area contributed by atoms with Crippen molar-refractivity contribution < 1.29 is 34.8 Å². The number of nitrogens with two attached hydrogens (primary N) is 1. The van der Waals surface area contributed by atoms with E-state index in [9.17, 15) is 34.8 Å². The van der Waals surface area contributed by atoms with Crippen LogP contribution >= 0.6 is 0 Å². The number of aliphatic hydroxyl groups is 3. The van der Waals surface area contributed by atoms with Crippen LogP contribution in [0.4, 0.5) is 5.69 Å². The fourth-order valence-corrected chi connectivity index (χ4v) is 7.03. The molecule has 5 rings (SSSR count). The van der Waals surface area contributed by atoms with Gasteiger partial charge in [0.2, 0.25) is 5.91 Å². The number of nitrogens with zero attached hydrogens (tertiary/aromatic N) is 2. The van der Waals surface area contributed by atoms with Crippen LogP contribution in [0.15, 0.2) is 17.4 Å². The Bertz CT molecular complexity index is 1250. The number of fused-ring (bicyclic) bond motifs is 3. The topological polar surface area (TPSA) is 177 Å². The summed E-state index contributed by atoms with van der Waals surface area (Å²) in [7, 11) is 5.79. The molecule has 1 heterocycles. The van der Waals surface area contributed by atoms with E-state index < -0.39 is 52.7 Å². The number of amides is 1. The summed E-state index contributed by atoms with van der Waals surface area (Å²) >= 11 is 0. The molecule has 11 nitrogen and oxygen atoms in total. The van der Waals surface area contributed by atoms with E-state index >= 15 is 0 Å². The van der Waals surface area contributed by atoms with Gasteiger partial charge in [-0.2, -0.15) is 0 Å². The zero-order valence-corrected chi connectivity index (χ0v) is 22.6. The summed E-state index contributed by atoms with van der Waals surface area (Å²) in [5.74, 6) is -6.97. The van der Waals surface area contributed by atoms with Crippen LogP contribution < -0.4 is 16.0 Å². The molecule has 0 bridgehead atoms. The summed E-state index contributed by atoms with van der Waals surface area (Å²) in [6, 6.07) is 2.16. The monoisotopic (exact) mass is 542 g/mol. The fraction of sp³-hybridized carbons (Fsp3) is 0.607. The van der Waals surface area contributed by atoms with E-state index in [4.69, 9.17) is 5.73 Å². The number of ketones is 2. The molecule has 212 valence electrons. The van der Waals surface area contributed by atoms with Crippen LogP contribution in [0.5, 0.6) is 5.75 Å². The van der Waals surface area contributed by atoms with Crippen LogP contribution in [-0.2, 0) is 22.6 Å². The Morgan fingerprint density at radius 3 is 2.49 bits per heavy atom. The molecule has 2 fully saturated rings. The molecular weight excluding hydrogens is 504 g/mol. The molecule has 4 aliphatic rings. The van der Waals surface area contributed by atoms with Gasteiger partial charge in [0.1, 0.15) is 17.4 Å². The van der Waals surface area contributed by atoms with Crippen molar-refractivity contribution in [2.75, 3.05) is 39.1 Å². The Kier molecular flexibility index (Phi) is 6.99. The molecule has 1 aliphatic heterocycles. The Morgan fingerprint density at radius 1 is 1.21 bits per heavy atom. The summed E-state index contributed by atoms with van der Waals surface area (Å²) in [4.78, 5) is 43.2. The lowest BCUT2D eigenvalue weighted by atomic mass is 9.57. The third-order valence-corrected chi connectivity index (χ3v) is 9.23. The number of nitrogens with one attached hydrogen (secondary N) is 1. The van der Waals surface area contributed by atoms with Crippen molar-refractivity contribution >= 4 is 23.2 Å². The van der Waals surface area contributed by atoms with Gasteiger partial charge in [0.25, 0.3) is 0 Å². The van der Waals surface area contributed by atoms with Gasteiger partial charge in [0, 0.05) is 49.4 Å². The van der Waals surface area contributed by atoms with E-state index in [0.29, 0.717) is 24.1 Å². The lowest BCUT2D eigenvalue weighted by Gasteiger charge is -2.48. The van der Waals surface area contributed by atoms with Crippen LogP contribution in [0.1, 0.15) is 47.2 Å². The average Bonchev–Trinajstić information content (AvgIpc) is 2.86. The van der Waals surface area contributed by atoms with Crippen molar-refractivity contribution in [3.8, 4) is 5.75 Å². The second-order valence-electron chi connectivity index (χ2n) is 11.8. The Balaban J connectivity index is 1.55. The van der Waals surface area contributed by atoms with Crippen molar-refractivity contribution in [2.24, 2.45) is 23.5 Å². The molecule has 1 aromatic carbocycles. The smallest absolute Gasteiger partial charge is 0.230 e. The minimum absolute atomic E-state index is 0.0518. The molecule has 1 saturated heterocycles. The van der Waals surface area contributed by atoms with Gasteiger partial charge in [-0.25, -0.2) is 0 Å². The summed E-state index contributed by atoms with van der Waals surface area (Å²) in [5, 5.41) is 48.0. The molecular formula is C28H38N4O7. The van der Waals surface area contributed by atoms with Crippen LogP contribution in [0.25, 0.3) is 0 Å². The minimum Gasteiger partial charge on any atom is -0.508 e. The largest absolute Gasteiger partial charge is 0.508 e. The number of anilines is 1. The maximum atomic E-state index is 14.0. The summed E-state index contributed by atoms with van der Waals surface area (Å²) in [6.07, 6.45) is 0.862. The van der Waals surface area contributed by atoms with E-state index in [1.807, 2.05) is 25.1 Å². The number of Topliss-reactive ketones (excluding diaryl/α,β-unsaturated/α-hetero) is 2. The number of likely N-dealkylation sites (tertiary alicyclic amines) is 1. The maximum Gasteiger partial charge on any atom is 0.230 e. The zero-order valence-electron chi connectivity index (χ0n) is 22.6. The van der Waals surface area contributed by atoms with Crippen LogP contribution in [-0.4, -0.2) is 94.8 Å². The second-order valence-corrected chi connectivity index (χ2v) is 11.8. The highest BCUT2D eigenvalue weighted by Gasteiger charge is 2.62. The number of allylic oxidation sites excluding steroid dienone is 1. The number of aliphatic hydroxyl groups excluding tert-OH is 2. The summed E-state index contributed by atoms with van der Waals surface area (Å²) in [6.45, 7) is 2.29. The number of carbonyl (C=O) groups is 3. The summed E-state index contributed by atoms with van der Waals surface area (Å²) in [5.41, 5.74) is 4.68. The van der Waals surface area contributed by atoms with E-state index in [2.05, 4.69) is 17.3 Å². The van der Waals surface area contributed by atoms with Gasteiger partial charge in [-0.3, -0.25) is 14.4 Å². The predicted molar refractivity (Wildman–Crippen MR) is 142 cm³/mol. The first-order valence-corrected chi connectivity index (χ1v) is 13.6. The minimum atomic E-state index is -2.51. The average molecular weight is 543 g/mol. The highest BCUT2D eigenvalue weighted by Crippen LogP contribution is 2.52. The van der Waals surface area contributed by atoms with Crippen LogP contribution in [0, 0.1) is 17.8 Å². The molecule has 0 aromatic heterocycles. The molecule has 0 radical (unpaired) electrons. The molecule has 39 heavy (non-hydrogen) atoms. The van der Waals surface area contributed by atoms with Crippen molar-refractivity contribution in [3.63, 3.8) is 0 Å². The highest BCUT2D eigenvalue weighted by atomic mass is 16.3. The van der Waals surface area contributed by atoms with Crippen LogP contribution in [0.3, 0.4) is 0 Å². The normalized spacial score (nSPS) is 31.5. The molecule has 5 atom stereocenters. The van der Waals surface area contributed by atoms with Gasteiger partial charge in [-0.15, -0.1) is 0 Å². The zero-order chi connectivity index (χ0) is 28.4. The fourth-order valence-electron chi connectivity index (χ4n) is 7.03. The first-order chi connectivity index (χ1) is 18.4. The van der Waals surface area contributed by atoms with Crippen molar-refractivity contribution in [2.45, 2.75) is 56.4 Å². The lowest BCUT2D eigenvalue weighted by molar-refractivity contribution is -0.167. The number of phenolic OH excluding ortho intramolecular Hbond substituents is 1. The number of hydrogen-bond donors (Lipinski definition) is 6. The Hall–Kier alpha value is -2.99. The van der Waals surface area contributed by atoms with Crippen molar-refractivity contribution in [3.05, 3.63) is 34.1 Å². The van der Waals surface area contributed by atoms with Crippen molar-refractivity contribution in [1.82, 2.24) is 10.2 Å². The van der Waals surface area contributed by atoms with E-state index in [1.165, 1.54) is 0 Å². The summed E-state index contributed by atoms with van der Waals surface area (Å²) < 4.78 is 0. The standard InChI is InChI=1S/C28H38N4O7/c1-31(2)18-10-14(12-30-16-4-6-32(3)7-5-16)23(34)21-17(18)9-13-8-15-11-19(33)22(27(29)38)26(37)28(15,39)25(36)20(13)24(21)35/h10,13,15-16,19,22,30,33-34,36,39H,4-9,11-12H2,1-3H3,(H2,29,38)/t13-,15+,19?,22?,28+/m1/s1. The van der Waals surface area contributed by atoms with Crippen LogP contribution in [0.2, 0.25) is 0 Å². The third kappa shape index (κ3) is 4.32. The van der Waals surface area contributed by atoms with Crippen molar-refractivity contribution in [1.29, 1.82) is 0 Å². The number of aromatic hydroxyl groups is 1. The van der Waals surface area contributed by atoms with Gasteiger partial charge in [0.05, 0.1) is 11.7 Å². The SMILES string of the molecule is CN1CCC(NCc2cc(N(C)C)c3c(c2O)C(=O)C2=C(O)[C@]4(O)C(=O)C(C(N)=O)C(O)C[C@@H]4C[C@@H]2C3)CC1. The first-order valence-electron chi connectivity index (χ1n) is 13.6. The van der Waals surface area contributed by atoms with E-state index in [1.54, 1.807) is 0 Å². The van der Waals surface area contributed by atoms with Gasteiger partial charge >= 0.3 is 0 Å². The number of hydrogen-bond acceptors (Lipinski definition) is 10. The Labute approximate surface area is 227 Å². The predicted octanol–water partition coefficient (Wildman–Crippen LogP) is -0.00470. The maximum absolute atomic E-state index is 14.0. The van der Waals surface area contributed by atoms with Gasteiger partial charge < -0.3 is 41.3 Å². The first kappa shape index (κ1) is 27.6. The molecule has 0 spiro atoms. The van der Waals surface area contributed by atoms with Gasteiger partial charge in [-0.1, -0.05) is 0 Å². The lowest BCUT2D eigenvalue weighted by Crippen LogP contribution is -2.63. The molecule has 1 saturated carbocycles. The number of benzene rings is 1. The number of primary amides is 1. The van der Waals surface area contributed by atoms with E-state index in [-0.39, 0.29) is 35.8 Å². The van der Waals surface area contributed by atoms with E-state index in [0.717, 1.165) is 31.6 Å². The Morgan fingerprint density at radius 2 is 1.87 bits per heavy atom.